The van der Waals surface area contributed by atoms with E-state index in [1.54, 1.807) is 0 Å². The maximum Gasteiger partial charge on any atom is 0.270 e. The number of sulfonamides is 1. The Morgan fingerprint density at radius 3 is 2.00 bits per heavy atom. The summed E-state index contributed by atoms with van der Waals surface area (Å²) >= 11 is 10.2. The fourth-order valence-electron chi connectivity index (χ4n) is 0.820. The van der Waals surface area contributed by atoms with E-state index < -0.39 is 14.9 Å². The van der Waals surface area contributed by atoms with Crippen LogP contribution in [0.25, 0.3) is 0 Å². The van der Waals surface area contributed by atoms with E-state index in [9.17, 15) is 18.5 Å². The minimum Gasteiger partial charge on any atom is -0.258 e. The first-order chi connectivity index (χ1) is 6.85. The summed E-state index contributed by atoms with van der Waals surface area (Å²) in [5.74, 6) is 0. The van der Waals surface area contributed by atoms with Crippen LogP contribution in [-0.2, 0) is 10.0 Å². The van der Waals surface area contributed by atoms with Crippen LogP contribution in [0.4, 0.5) is 5.69 Å². The van der Waals surface area contributed by atoms with E-state index in [2.05, 4.69) is 0 Å². The number of rotatable bonds is 3. The molecule has 82 valence electrons. The Morgan fingerprint density at radius 2 is 1.67 bits per heavy atom. The highest BCUT2D eigenvalue weighted by atomic mass is 35.5. The first-order valence-electron chi connectivity index (χ1n) is 3.47. The van der Waals surface area contributed by atoms with Crippen molar-refractivity contribution >= 4 is 39.3 Å². The summed E-state index contributed by atoms with van der Waals surface area (Å²) < 4.78 is 22.6. The second-order valence-electron chi connectivity index (χ2n) is 2.43. The van der Waals surface area contributed by atoms with Crippen LogP contribution in [0.15, 0.2) is 29.2 Å². The zero-order valence-electron chi connectivity index (χ0n) is 7.00. The van der Waals surface area contributed by atoms with Crippen molar-refractivity contribution in [3.63, 3.8) is 0 Å². The van der Waals surface area contributed by atoms with Crippen molar-refractivity contribution in [3.8, 4) is 0 Å². The van der Waals surface area contributed by atoms with Crippen LogP contribution in [0.3, 0.4) is 0 Å². The van der Waals surface area contributed by atoms with Gasteiger partial charge in [0.15, 0.2) is 0 Å². The van der Waals surface area contributed by atoms with Gasteiger partial charge in [0.2, 0.25) is 0 Å². The number of nitrogens with zero attached hydrogens (tertiary/aromatic N) is 2. The Morgan fingerprint density at radius 1 is 1.20 bits per heavy atom. The summed E-state index contributed by atoms with van der Waals surface area (Å²) in [6.45, 7) is 0. The molecule has 0 heterocycles. The van der Waals surface area contributed by atoms with Crippen LogP contribution in [0.2, 0.25) is 0 Å². The summed E-state index contributed by atoms with van der Waals surface area (Å²) in [6, 6.07) is 4.19. The lowest BCUT2D eigenvalue weighted by Gasteiger charge is -2.04. The van der Waals surface area contributed by atoms with E-state index in [4.69, 9.17) is 23.6 Å². The van der Waals surface area contributed by atoms with E-state index in [1.807, 2.05) is 0 Å². The van der Waals surface area contributed by atoms with Gasteiger partial charge < -0.3 is 0 Å². The first kappa shape index (κ1) is 12.2. The third-order valence-corrected chi connectivity index (χ3v) is 3.85. The van der Waals surface area contributed by atoms with Crippen LogP contribution in [-0.4, -0.2) is 16.7 Å². The number of hydrogen-bond acceptors (Lipinski definition) is 4. The van der Waals surface area contributed by atoms with Gasteiger partial charge in [-0.1, -0.05) is 0 Å². The van der Waals surface area contributed by atoms with Crippen molar-refractivity contribution in [1.29, 1.82) is 0 Å². The number of halogens is 2. The Balaban J connectivity index is 3.15. The second-order valence-corrected chi connectivity index (χ2v) is 5.46. The fourth-order valence-corrected chi connectivity index (χ4v) is 1.94. The molecule has 1 aromatic carbocycles. The molecule has 0 fully saturated rings. The van der Waals surface area contributed by atoms with Crippen molar-refractivity contribution in [2.75, 3.05) is 0 Å². The largest absolute Gasteiger partial charge is 0.270 e. The van der Waals surface area contributed by atoms with Gasteiger partial charge >= 0.3 is 0 Å². The summed E-state index contributed by atoms with van der Waals surface area (Å²) in [5, 5.41) is 10.3. The standard InChI is InChI=1S/C6H4Cl2N2O4S/c7-10(8)15(13,14)6-3-1-5(2-4-6)9(11)12/h1-4H. The minimum absolute atomic E-state index is 0.00579. The monoisotopic (exact) mass is 270 g/mol. The molecule has 0 radical (unpaired) electrons. The van der Waals surface area contributed by atoms with E-state index >= 15 is 0 Å². The summed E-state index contributed by atoms with van der Waals surface area (Å²) in [6.07, 6.45) is 0. The van der Waals surface area contributed by atoms with Gasteiger partial charge in [-0.25, -0.2) is 8.42 Å². The molecule has 1 aromatic rings. The third-order valence-electron chi connectivity index (χ3n) is 1.53. The lowest BCUT2D eigenvalue weighted by Crippen LogP contribution is -2.12. The van der Waals surface area contributed by atoms with Crippen molar-refractivity contribution in [3.05, 3.63) is 34.4 Å². The molecular formula is C6H4Cl2N2O4S. The van der Waals surface area contributed by atoms with Crippen LogP contribution in [0.1, 0.15) is 0 Å². The zero-order chi connectivity index (χ0) is 11.6. The number of benzene rings is 1. The number of hydrogen-bond donors (Lipinski definition) is 0. The van der Waals surface area contributed by atoms with Crippen molar-refractivity contribution < 1.29 is 13.3 Å². The Hall–Kier alpha value is -0.890. The average Bonchev–Trinajstić information content (AvgIpc) is 2.17. The van der Waals surface area contributed by atoms with Gasteiger partial charge in [-0.05, 0) is 15.5 Å². The van der Waals surface area contributed by atoms with Crippen molar-refractivity contribution in [1.82, 2.24) is 3.34 Å². The molecule has 0 spiro atoms. The maximum absolute atomic E-state index is 11.3. The van der Waals surface area contributed by atoms with Gasteiger partial charge in [0.05, 0.1) is 9.82 Å². The van der Waals surface area contributed by atoms with Gasteiger partial charge in [0.25, 0.3) is 15.7 Å². The maximum atomic E-state index is 11.3. The lowest BCUT2D eigenvalue weighted by atomic mass is 10.3. The number of nitro benzene ring substituents is 1. The Labute approximate surface area is 95.4 Å². The molecule has 9 heteroatoms. The van der Waals surface area contributed by atoms with E-state index in [-0.39, 0.29) is 13.9 Å². The molecule has 1 rings (SSSR count). The molecule has 0 unspecified atom stereocenters. The van der Waals surface area contributed by atoms with E-state index in [1.165, 1.54) is 0 Å². The second kappa shape index (κ2) is 4.31. The molecule has 15 heavy (non-hydrogen) atoms. The molecule has 0 bridgehead atoms. The average molecular weight is 271 g/mol. The lowest BCUT2D eigenvalue weighted by molar-refractivity contribution is -0.384. The van der Waals surface area contributed by atoms with E-state index in [0.717, 1.165) is 24.3 Å². The molecular weight excluding hydrogens is 267 g/mol. The molecule has 0 atom stereocenters. The van der Waals surface area contributed by atoms with E-state index in [0.29, 0.717) is 0 Å². The fraction of sp³-hybridized carbons (Fsp3) is 0. The molecule has 0 aliphatic carbocycles. The zero-order valence-corrected chi connectivity index (χ0v) is 9.33. The Bertz CT molecular complexity index is 470. The molecule has 0 aliphatic rings. The highest BCUT2D eigenvalue weighted by Crippen LogP contribution is 2.21. The smallest absolute Gasteiger partial charge is 0.258 e. The van der Waals surface area contributed by atoms with Crippen molar-refractivity contribution in [2.45, 2.75) is 4.90 Å². The molecule has 0 amide bonds. The van der Waals surface area contributed by atoms with Crippen LogP contribution in [0, 0.1) is 10.1 Å². The van der Waals surface area contributed by atoms with Gasteiger partial charge in [-0.2, -0.15) is 0 Å². The highest BCUT2D eigenvalue weighted by molar-refractivity contribution is 7.91. The quantitative estimate of drug-likeness (QED) is 0.477. The van der Waals surface area contributed by atoms with Gasteiger partial charge in [0.1, 0.15) is 0 Å². The van der Waals surface area contributed by atoms with Gasteiger partial charge in [0, 0.05) is 35.7 Å². The topological polar surface area (TPSA) is 80.5 Å². The highest BCUT2D eigenvalue weighted by Gasteiger charge is 2.21. The number of non-ortho nitro benzene ring substituents is 1. The van der Waals surface area contributed by atoms with Crippen molar-refractivity contribution in [2.24, 2.45) is 0 Å². The predicted octanol–water partition coefficient (Wildman–Crippen LogP) is 1.89. The minimum atomic E-state index is -3.98. The van der Waals surface area contributed by atoms with Crippen LogP contribution < -0.4 is 0 Å². The van der Waals surface area contributed by atoms with Crippen LogP contribution in [0.5, 0.6) is 0 Å². The van der Waals surface area contributed by atoms with Gasteiger partial charge in [-0.3, -0.25) is 10.1 Å². The molecule has 0 aromatic heterocycles. The molecule has 0 N–H and O–H groups in total. The summed E-state index contributed by atoms with van der Waals surface area (Å²) in [4.78, 5) is 9.42. The normalized spacial score (nSPS) is 11.7. The third kappa shape index (κ3) is 2.57. The molecule has 0 aliphatic heterocycles. The molecule has 0 saturated carbocycles. The summed E-state index contributed by atoms with van der Waals surface area (Å²) in [5.41, 5.74) is -0.218. The van der Waals surface area contributed by atoms with Crippen LogP contribution >= 0.6 is 23.6 Å². The Kier molecular flexibility index (Phi) is 3.50. The van der Waals surface area contributed by atoms with Gasteiger partial charge in [-0.15, -0.1) is 0 Å². The molecule has 6 nitrogen and oxygen atoms in total. The first-order valence-corrected chi connectivity index (χ1v) is 5.58. The SMILES string of the molecule is O=[N+]([O-])c1ccc(S(=O)(=O)N(Cl)Cl)cc1. The predicted molar refractivity (Wildman–Crippen MR) is 53.8 cm³/mol. The molecule has 0 saturated heterocycles. The summed E-state index contributed by atoms with van der Waals surface area (Å²) in [7, 11) is -3.98. The number of nitro groups is 1.